The first kappa shape index (κ1) is 12.1. The molecule has 0 aliphatic heterocycles. The molecule has 1 aromatic heterocycles. The normalized spacial score (nSPS) is 22.2. The summed E-state index contributed by atoms with van der Waals surface area (Å²) in [5, 5.41) is 12.7. The van der Waals surface area contributed by atoms with E-state index in [1.54, 1.807) is 11.3 Å². The third kappa shape index (κ3) is 2.04. The summed E-state index contributed by atoms with van der Waals surface area (Å²) in [5.74, 6) is 0. The summed E-state index contributed by atoms with van der Waals surface area (Å²) < 4.78 is 0. The van der Waals surface area contributed by atoms with Crippen LogP contribution in [0.3, 0.4) is 0 Å². The molecular weight excluding hydrogens is 218 g/mol. The minimum atomic E-state index is -0.331. The molecule has 2 rings (SSSR count). The van der Waals surface area contributed by atoms with Crippen molar-refractivity contribution in [2.45, 2.75) is 43.7 Å². The van der Waals surface area contributed by atoms with Crippen LogP contribution < -0.4 is 0 Å². The molecule has 2 nitrogen and oxygen atoms in total. The van der Waals surface area contributed by atoms with Crippen molar-refractivity contribution < 1.29 is 5.11 Å². The van der Waals surface area contributed by atoms with Gasteiger partial charge in [-0.25, -0.2) is 0 Å². The van der Waals surface area contributed by atoms with Gasteiger partial charge in [-0.15, -0.1) is 11.3 Å². The first-order chi connectivity index (χ1) is 7.67. The van der Waals surface area contributed by atoms with E-state index >= 15 is 0 Å². The summed E-state index contributed by atoms with van der Waals surface area (Å²) in [6.45, 7) is 0. The molecule has 1 aliphatic rings. The number of likely N-dealkylation sites (N-methyl/N-ethyl adjacent to an activating group) is 1. The Hall–Kier alpha value is -0.380. The molecule has 1 aliphatic carbocycles. The molecule has 1 N–H and O–H groups in total. The maximum absolute atomic E-state index is 10.6. The van der Waals surface area contributed by atoms with Crippen molar-refractivity contribution in [3.05, 3.63) is 22.4 Å². The van der Waals surface area contributed by atoms with Gasteiger partial charge >= 0.3 is 0 Å². The van der Waals surface area contributed by atoms with Gasteiger partial charge in [0.25, 0.3) is 0 Å². The zero-order chi connectivity index (χ0) is 11.6. The maximum Gasteiger partial charge on any atom is 0.106 e. The van der Waals surface area contributed by atoms with Crippen LogP contribution in [0, 0.1) is 0 Å². The summed E-state index contributed by atoms with van der Waals surface area (Å²) in [7, 11) is 4.20. The third-order valence-corrected chi connectivity index (χ3v) is 4.86. The van der Waals surface area contributed by atoms with Gasteiger partial charge < -0.3 is 10.0 Å². The molecule has 0 amide bonds. The minimum absolute atomic E-state index is 0.0386. The molecule has 0 aromatic carbocycles. The number of rotatable bonds is 3. The van der Waals surface area contributed by atoms with E-state index < -0.39 is 0 Å². The SMILES string of the molecule is CN(C)C1(C(O)c2cccs2)CCCCC1. The van der Waals surface area contributed by atoms with Crippen molar-refractivity contribution in [3.63, 3.8) is 0 Å². The van der Waals surface area contributed by atoms with Crippen LogP contribution in [-0.2, 0) is 0 Å². The van der Waals surface area contributed by atoms with E-state index in [0.29, 0.717) is 0 Å². The molecule has 1 heterocycles. The first-order valence-corrected chi connectivity index (χ1v) is 6.94. The van der Waals surface area contributed by atoms with Crippen LogP contribution >= 0.6 is 11.3 Å². The molecule has 0 spiro atoms. The second kappa shape index (κ2) is 4.86. The van der Waals surface area contributed by atoms with Gasteiger partial charge in [-0.2, -0.15) is 0 Å². The Morgan fingerprint density at radius 2 is 2.00 bits per heavy atom. The second-order valence-electron chi connectivity index (χ2n) is 4.98. The second-order valence-corrected chi connectivity index (χ2v) is 5.96. The molecular formula is C13H21NOS. The van der Waals surface area contributed by atoms with E-state index in [0.717, 1.165) is 17.7 Å². The molecule has 1 unspecified atom stereocenters. The Balaban J connectivity index is 2.25. The zero-order valence-corrected chi connectivity index (χ0v) is 11.0. The van der Waals surface area contributed by atoms with Crippen LogP contribution in [0.4, 0.5) is 0 Å². The van der Waals surface area contributed by atoms with Gasteiger partial charge in [-0.1, -0.05) is 25.3 Å². The van der Waals surface area contributed by atoms with Crippen LogP contribution in [0.2, 0.25) is 0 Å². The van der Waals surface area contributed by atoms with Gasteiger partial charge in [0.1, 0.15) is 6.10 Å². The highest BCUT2D eigenvalue weighted by molar-refractivity contribution is 7.10. The number of aliphatic hydroxyl groups is 1. The van der Waals surface area contributed by atoms with Gasteiger partial charge in [0.05, 0.1) is 5.54 Å². The van der Waals surface area contributed by atoms with Crippen LogP contribution in [0.15, 0.2) is 17.5 Å². The summed E-state index contributed by atoms with van der Waals surface area (Å²) in [6, 6.07) is 4.07. The van der Waals surface area contributed by atoms with E-state index in [4.69, 9.17) is 0 Å². The molecule has 1 aromatic rings. The fourth-order valence-electron chi connectivity index (χ4n) is 2.84. The monoisotopic (exact) mass is 239 g/mol. The van der Waals surface area contributed by atoms with Crippen molar-refractivity contribution in [1.29, 1.82) is 0 Å². The Kier molecular flexibility index (Phi) is 3.67. The molecule has 0 saturated heterocycles. The van der Waals surface area contributed by atoms with E-state index in [2.05, 4.69) is 25.1 Å². The molecule has 0 radical (unpaired) electrons. The van der Waals surface area contributed by atoms with Gasteiger partial charge in [-0.05, 0) is 38.4 Å². The number of hydrogen-bond donors (Lipinski definition) is 1. The number of nitrogens with zero attached hydrogens (tertiary/aromatic N) is 1. The lowest BCUT2D eigenvalue weighted by Crippen LogP contribution is -2.50. The Labute approximate surface area is 102 Å². The van der Waals surface area contributed by atoms with Crippen molar-refractivity contribution in [2.75, 3.05) is 14.1 Å². The standard InChI is InChI=1S/C13H21NOS/c1-14(2)13(8-4-3-5-9-13)12(15)11-7-6-10-16-11/h6-7,10,12,15H,3-5,8-9H2,1-2H3. The van der Waals surface area contributed by atoms with E-state index in [1.165, 1.54) is 19.3 Å². The van der Waals surface area contributed by atoms with Gasteiger partial charge in [0, 0.05) is 4.88 Å². The lowest BCUT2D eigenvalue weighted by Gasteiger charge is -2.46. The zero-order valence-electron chi connectivity index (χ0n) is 10.1. The van der Waals surface area contributed by atoms with Crippen LogP contribution in [0.5, 0.6) is 0 Å². The van der Waals surface area contributed by atoms with Crippen LogP contribution in [-0.4, -0.2) is 29.6 Å². The summed E-state index contributed by atoms with van der Waals surface area (Å²) >= 11 is 1.66. The van der Waals surface area contributed by atoms with Gasteiger partial charge in [0.15, 0.2) is 0 Å². The highest BCUT2D eigenvalue weighted by atomic mass is 32.1. The largest absolute Gasteiger partial charge is 0.386 e. The van der Waals surface area contributed by atoms with Gasteiger partial charge in [-0.3, -0.25) is 0 Å². The smallest absolute Gasteiger partial charge is 0.106 e. The van der Waals surface area contributed by atoms with Crippen molar-refractivity contribution >= 4 is 11.3 Å². The fourth-order valence-corrected chi connectivity index (χ4v) is 3.66. The Bertz CT molecular complexity index is 315. The predicted octanol–water partition coefficient (Wildman–Crippen LogP) is 3.05. The average molecular weight is 239 g/mol. The molecule has 90 valence electrons. The Morgan fingerprint density at radius 3 is 2.50 bits per heavy atom. The highest BCUT2D eigenvalue weighted by Crippen LogP contribution is 2.42. The topological polar surface area (TPSA) is 23.5 Å². The number of aliphatic hydroxyl groups excluding tert-OH is 1. The molecule has 1 atom stereocenters. The molecule has 3 heteroatoms. The van der Waals surface area contributed by atoms with Crippen molar-refractivity contribution in [2.24, 2.45) is 0 Å². The summed E-state index contributed by atoms with van der Waals surface area (Å²) in [6.07, 6.45) is 5.68. The minimum Gasteiger partial charge on any atom is -0.386 e. The Morgan fingerprint density at radius 1 is 1.31 bits per heavy atom. The van der Waals surface area contributed by atoms with E-state index in [-0.39, 0.29) is 11.6 Å². The van der Waals surface area contributed by atoms with E-state index in [9.17, 15) is 5.11 Å². The van der Waals surface area contributed by atoms with Crippen molar-refractivity contribution in [3.8, 4) is 0 Å². The third-order valence-electron chi connectivity index (χ3n) is 3.93. The molecule has 0 bridgehead atoms. The first-order valence-electron chi connectivity index (χ1n) is 6.06. The summed E-state index contributed by atoms with van der Waals surface area (Å²) in [5.41, 5.74) is -0.0386. The number of hydrogen-bond acceptors (Lipinski definition) is 3. The summed E-state index contributed by atoms with van der Waals surface area (Å²) in [4.78, 5) is 3.34. The molecule has 16 heavy (non-hydrogen) atoms. The lowest BCUT2D eigenvalue weighted by atomic mass is 9.76. The predicted molar refractivity (Wildman–Crippen MR) is 68.8 cm³/mol. The van der Waals surface area contributed by atoms with E-state index in [1.807, 2.05) is 11.4 Å². The molecule has 1 fully saturated rings. The highest BCUT2D eigenvalue weighted by Gasteiger charge is 2.41. The number of thiophene rings is 1. The average Bonchev–Trinajstić information content (AvgIpc) is 2.82. The quantitative estimate of drug-likeness (QED) is 0.876. The van der Waals surface area contributed by atoms with Crippen LogP contribution in [0.1, 0.15) is 43.1 Å². The maximum atomic E-state index is 10.6. The lowest BCUT2D eigenvalue weighted by molar-refractivity contribution is -0.0317. The van der Waals surface area contributed by atoms with Crippen LogP contribution in [0.25, 0.3) is 0 Å². The van der Waals surface area contributed by atoms with Gasteiger partial charge in [0.2, 0.25) is 0 Å². The fraction of sp³-hybridized carbons (Fsp3) is 0.692. The van der Waals surface area contributed by atoms with Crippen molar-refractivity contribution in [1.82, 2.24) is 4.90 Å². The molecule has 1 saturated carbocycles.